The lowest BCUT2D eigenvalue weighted by Gasteiger charge is -2.38. The molecule has 3 atom stereocenters. The summed E-state index contributed by atoms with van der Waals surface area (Å²) in [5.41, 5.74) is 0. The molecule has 0 aromatic carbocycles. The lowest BCUT2D eigenvalue weighted by molar-refractivity contribution is 0.127. The monoisotopic (exact) mass is 167 g/mol. The summed E-state index contributed by atoms with van der Waals surface area (Å²) in [5.74, 6) is 0. The Labute approximate surface area is 74.4 Å². The third kappa shape index (κ3) is 1.96. The molecule has 0 spiro atoms. The molecule has 0 aromatic heterocycles. The Hall–Kier alpha value is -0.590. The second kappa shape index (κ2) is 3.88. The highest BCUT2D eigenvalue weighted by Crippen LogP contribution is 2.09. The molecule has 1 rings (SSSR count). The minimum atomic E-state index is 0.0459. The van der Waals surface area contributed by atoms with Crippen molar-refractivity contribution >= 4 is 0 Å². The molecule has 0 aliphatic carbocycles. The van der Waals surface area contributed by atoms with E-state index in [4.69, 9.17) is 5.26 Å². The average Bonchev–Trinajstić information content (AvgIpc) is 2.08. The summed E-state index contributed by atoms with van der Waals surface area (Å²) in [6.45, 7) is 8.26. The van der Waals surface area contributed by atoms with Crippen LogP contribution in [-0.4, -0.2) is 36.1 Å². The van der Waals surface area contributed by atoms with Crippen molar-refractivity contribution in [2.24, 2.45) is 0 Å². The van der Waals surface area contributed by atoms with Crippen molar-refractivity contribution in [2.75, 3.05) is 13.1 Å². The van der Waals surface area contributed by atoms with Crippen LogP contribution < -0.4 is 5.32 Å². The minimum absolute atomic E-state index is 0.0459. The molecule has 0 aromatic rings. The second-order valence-corrected chi connectivity index (χ2v) is 3.66. The van der Waals surface area contributed by atoms with Crippen molar-refractivity contribution in [1.29, 1.82) is 5.26 Å². The van der Waals surface area contributed by atoms with Crippen LogP contribution in [0.4, 0.5) is 0 Å². The maximum absolute atomic E-state index is 8.78. The standard InChI is InChI=1S/C9H17N3/c1-7-6-12(8(2)4-10)9(3)5-11-7/h7-9,11H,5-6H2,1-3H3. The van der Waals surface area contributed by atoms with Gasteiger partial charge in [-0.3, -0.25) is 4.90 Å². The zero-order valence-corrected chi connectivity index (χ0v) is 8.04. The Morgan fingerprint density at radius 2 is 2.25 bits per heavy atom. The molecule has 1 fully saturated rings. The molecule has 12 heavy (non-hydrogen) atoms. The summed E-state index contributed by atoms with van der Waals surface area (Å²) in [6, 6.07) is 3.32. The largest absolute Gasteiger partial charge is 0.311 e. The van der Waals surface area contributed by atoms with Crippen molar-refractivity contribution < 1.29 is 0 Å². The van der Waals surface area contributed by atoms with Crippen molar-refractivity contribution in [1.82, 2.24) is 10.2 Å². The van der Waals surface area contributed by atoms with Gasteiger partial charge in [-0.15, -0.1) is 0 Å². The van der Waals surface area contributed by atoms with E-state index in [1.807, 2.05) is 6.92 Å². The number of hydrogen-bond donors (Lipinski definition) is 1. The number of rotatable bonds is 1. The van der Waals surface area contributed by atoms with Crippen molar-refractivity contribution in [3.05, 3.63) is 0 Å². The smallest absolute Gasteiger partial charge is 0.0952 e. The Morgan fingerprint density at radius 3 is 2.83 bits per heavy atom. The van der Waals surface area contributed by atoms with Gasteiger partial charge >= 0.3 is 0 Å². The fraction of sp³-hybridized carbons (Fsp3) is 0.889. The Bertz CT molecular complexity index is 185. The molecule has 0 saturated carbocycles. The van der Waals surface area contributed by atoms with Crippen molar-refractivity contribution in [2.45, 2.75) is 38.9 Å². The molecule has 1 N–H and O–H groups in total. The SMILES string of the molecule is CC1CN(C(C)C#N)C(C)CN1. The fourth-order valence-corrected chi connectivity index (χ4v) is 1.66. The number of piperazine rings is 1. The first-order valence-electron chi connectivity index (χ1n) is 4.54. The van der Waals surface area contributed by atoms with E-state index in [9.17, 15) is 0 Å². The van der Waals surface area contributed by atoms with Gasteiger partial charge in [-0.2, -0.15) is 5.26 Å². The van der Waals surface area contributed by atoms with E-state index < -0.39 is 0 Å². The predicted octanol–water partition coefficient (Wildman–Crippen LogP) is 0.581. The second-order valence-electron chi connectivity index (χ2n) is 3.66. The molecule has 1 aliphatic rings. The highest BCUT2D eigenvalue weighted by atomic mass is 15.2. The van der Waals surface area contributed by atoms with Crippen LogP contribution in [0.3, 0.4) is 0 Å². The normalized spacial score (nSPS) is 34.2. The maximum Gasteiger partial charge on any atom is 0.0952 e. The molecule has 1 heterocycles. The van der Waals surface area contributed by atoms with Gasteiger partial charge in [0.1, 0.15) is 0 Å². The van der Waals surface area contributed by atoms with Crippen LogP contribution in [0.15, 0.2) is 0 Å². The number of nitriles is 1. The molecule has 1 aliphatic heterocycles. The highest BCUT2D eigenvalue weighted by molar-refractivity contribution is 4.94. The summed E-state index contributed by atoms with van der Waals surface area (Å²) >= 11 is 0. The lowest BCUT2D eigenvalue weighted by atomic mass is 10.1. The van der Waals surface area contributed by atoms with Crippen LogP contribution in [0.2, 0.25) is 0 Å². The van der Waals surface area contributed by atoms with E-state index >= 15 is 0 Å². The maximum atomic E-state index is 8.78. The first-order chi connectivity index (χ1) is 5.65. The first-order valence-corrected chi connectivity index (χ1v) is 4.54. The summed E-state index contributed by atoms with van der Waals surface area (Å²) in [5, 5.41) is 12.2. The zero-order chi connectivity index (χ0) is 9.14. The molecule has 3 unspecified atom stereocenters. The van der Waals surface area contributed by atoms with Crippen molar-refractivity contribution in [3.63, 3.8) is 0 Å². The molecule has 0 radical (unpaired) electrons. The van der Waals surface area contributed by atoms with E-state index in [2.05, 4.69) is 30.1 Å². The van der Waals surface area contributed by atoms with E-state index in [1.165, 1.54) is 0 Å². The highest BCUT2D eigenvalue weighted by Gasteiger charge is 2.25. The van der Waals surface area contributed by atoms with Crippen LogP contribution in [0.1, 0.15) is 20.8 Å². The first kappa shape index (κ1) is 9.50. The quantitative estimate of drug-likeness (QED) is 0.621. The molecular weight excluding hydrogens is 150 g/mol. The molecule has 1 saturated heterocycles. The van der Waals surface area contributed by atoms with Gasteiger partial charge in [0, 0.05) is 25.2 Å². The third-order valence-electron chi connectivity index (χ3n) is 2.50. The molecule has 3 heteroatoms. The summed E-state index contributed by atoms with van der Waals surface area (Å²) in [6.07, 6.45) is 0. The predicted molar refractivity (Wildman–Crippen MR) is 48.7 cm³/mol. The number of nitrogens with one attached hydrogen (secondary N) is 1. The van der Waals surface area contributed by atoms with Gasteiger partial charge in [-0.1, -0.05) is 0 Å². The van der Waals surface area contributed by atoms with Crippen LogP contribution in [0.25, 0.3) is 0 Å². The summed E-state index contributed by atoms with van der Waals surface area (Å²) < 4.78 is 0. The topological polar surface area (TPSA) is 39.1 Å². The number of hydrogen-bond acceptors (Lipinski definition) is 3. The molecule has 0 amide bonds. The van der Waals surface area contributed by atoms with Gasteiger partial charge in [0.2, 0.25) is 0 Å². The Kier molecular flexibility index (Phi) is 3.07. The fourth-order valence-electron chi connectivity index (χ4n) is 1.66. The van der Waals surface area contributed by atoms with Gasteiger partial charge < -0.3 is 5.32 Å². The van der Waals surface area contributed by atoms with Gasteiger partial charge in [-0.05, 0) is 20.8 Å². The van der Waals surface area contributed by atoms with Gasteiger partial charge in [0.15, 0.2) is 0 Å². The van der Waals surface area contributed by atoms with Gasteiger partial charge in [-0.25, -0.2) is 0 Å². The van der Waals surface area contributed by atoms with Crippen LogP contribution in [0, 0.1) is 11.3 Å². The van der Waals surface area contributed by atoms with E-state index in [-0.39, 0.29) is 6.04 Å². The zero-order valence-electron chi connectivity index (χ0n) is 8.04. The van der Waals surface area contributed by atoms with Crippen molar-refractivity contribution in [3.8, 4) is 6.07 Å². The van der Waals surface area contributed by atoms with Crippen LogP contribution in [-0.2, 0) is 0 Å². The van der Waals surface area contributed by atoms with Gasteiger partial charge in [0.05, 0.1) is 12.1 Å². The summed E-state index contributed by atoms with van der Waals surface area (Å²) in [4.78, 5) is 2.25. The van der Waals surface area contributed by atoms with Crippen LogP contribution >= 0.6 is 0 Å². The summed E-state index contributed by atoms with van der Waals surface area (Å²) in [7, 11) is 0. The third-order valence-corrected chi connectivity index (χ3v) is 2.50. The average molecular weight is 167 g/mol. The van der Waals surface area contributed by atoms with E-state index in [0.717, 1.165) is 13.1 Å². The molecular formula is C9H17N3. The van der Waals surface area contributed by atoms with Gasteiger partial charge in [0.25, 0.3) is 0 Å². The van der Waals surface area contributed by atoms with E-state index in [1.54, 1.807) is 0 Å². The molecule has 0 bridgehead atoms. The molecule has 68 valence electrons. The number of nitrogens with zero attached hydrogens (tertiary/aromatic N) is 2. The molecule has 3 nitrogen and oxygen atoms in total. The van der Waals surface area contributed by atoms with Crippen LogP contribution in [0.5, 0.6) is 0 Å². The Balaban J connectivity index is 2.55. The minimum Gasteiger partial charge on any atom is -0.311 e. The Morgan fingerprint density at radius 1 is 1.58 bits per heavy atom. The van der Waals surface area contributed by atoms with E-state index in [0.29, 0.717) is 12.1 Å². The lowest BCUT2D eigenvalue weighted by Crippen LogP contribution is -2.56.